The first-order valence-electron chi connectivity index (χ1n) is 12.7. The number of fused-ring (bicyclic) bond motifs is 2. The van der Waals surface area contributed by atoms with Crippen molar-refractivity contribution in [2.24, 2.45) is 0 Å². The number of H-pyrrole nitrogens is 2. The van der Waals surface area contributed by atoms with Gasteiger partial charge in [-0.1, -0.05) is 29.7 Å². The van der Waals surface area contributed by atoms with Gasteiger partial charge in [0.1, 0.15) is 30.7 Å². The fourth-order valence-corrected chi connectivity index (χ4v) is 6.81. The molecule has 2 aliphatic heterocycles. The van der Waals surface area contributed by atoms with E-state index in [0.717, 1.165) is 11.0 Å². The maximum Gasteiger partial charge on any atom is 0.386 e. The van der Waals surface area contributed by atoms with Crippen molar-refractivity contribution in [3.8, 4) is 0 Å². The first kappa shape index (κ1) is 32.2. The number of nitrogens with two attached hydrogens (primary N) is 1. The van der Waals surface area contributed by atoms with Gasteiger partial charge in [0.2, 0.25) is 5.95 Å². The van der Waals surface area contributed by atoms with Crippen LogP contribution in [-0.4, -0.2) is 93.2 Å². The zero-order chi connectivity index (χ0) is 32.3. The standard InChI is InChI=1S/C19H22F2N10O10P2S2/c20-6-1-9(30-5-25-11-15(30)26-19(22)27-17(11)33)39-7(6)2-38-43(36,45)41-13-8(3-37-42(34,35)44)40-18(10(13)21)31-14-12(28-29-31)16(32)24-4-23-14/h4-10,13,18H,1-3H2,(H,36,45)(H,23,24,32)(H2,34,35,44)(H3,22,26,27,33)/t6-,7+,8+,9+,10-,13+,18+,43?/m0/s1. The summed E-state index contributed by atoms with van der Waals surface area (Å²) in [6.07, 6.45) is -9.25. The van der Waals surface area contributed by atoms with E-state index in [2.05, 4.69) is 59.7 Å². The molecule has 2 fully saturated rings. The van der Waals surface area contributed by atoms with Gasteiger partial charge in [0, 0.05) is 6.42 Å². The molecule has 244 valence electrons. The number of aromatic amines is 2. The first-order chi connectivity index (χ1) is 21.2. The summed E-state index contributed by atoms with van der Waals surface area (Å²) >= 11 is 7.29. The number of thiol groups is 2. The lowest BCUT2D eigenvalue weighted by molar-refractivity contribution is -0.0477. The topological polar surface area (TPSA) is 267 Å². The molecule has 20 nitrogen and oxygen atoms in total. The molecule has 0 bridgehead atoms. The Kier molecular flexibility index (Phi) is 8.65. The minimum atomic E-state index is -4.54. The van der Waals surface area contributed by atoms with Gasteiger partial charge in [0.25, 0.3) is 11.1 Å². The molecule has 0 aliphatic carbocycles. The van der Waals surface area contributed by atoms with Crippen LogP contribution in [0.15, 0.2) is 22.2 Å². The van der Waals surface area contributed by atoms with Crippen molar-refractivity contribution >= 4 is 66.4 Å². The monoisotopic (exact) mass is 714 g/mol. The van der Waals surface area contributed by atoms with Crippen LogP contribution in [0.2, 0.25) is 0 Å². The summed E-state index contributed by atoms with van der Waals surface area (Å²) in [4.78, 5) is 50.0. The van der Waals surface area contributed by atoms with Crippen LogP contribution in [0.1, 0.15) is 18.9 Å². The zero-order valence-corrected chi connectivity index (χ0v) is 25.8. The third-order valence-electron chi connectivity index (χ3n) is 6.76. The second-order valence-corrected chi connectivity index (χ2v) is 15.4. The van der Waals surface area contributed by atoms with Crippen LogP contribution < -0.4 is 16.9 Å². The number of nitrogen functional groups attached to an aromatic ring is 1. The number of rotatable bonds is 10. The highest BCUT2D eigenvalue weighted by Gasteiger charge is 2.51. The summed E-state index contributed by atoms with van der Waals surface area (Å²) in [5, 5.41) is 7.36. The molecule has 0 radical (unpaired) electrons. The quantitative estimate of drug-likeness (QED) is 0.0969. The van der Waals surface area contributed by atoms with Crippen molar-refractivity contribution in [1.82, 2.24) is 44.5 Å². The Balaban J connectivity index is 1.16. The van der Waals surface area contributed by atoms with E-state index >= 15 is 4.39 Å². The summed E-state index contributed by atoms with van der Waals surface area (Å²) in [6, 6.07) is 0. The second kappa shape index (κ2) is 12.1. The lowest BCUT2D eigenvalue weighted by Crippen LogP contribution is -2.34. The Morgan fingerprint density at radius 1 is 1.09 bits per heavy atom. The van der Waals surface area contributed by atoms with E-state index in [9.17, 15) is 28.0 Å². The molecule has 45 heavy (non-hydrogen) atoms. The lowest BCUT2D eigenvalue weighted by atomic mass is 10.1. The van der Waals surface area contributed by atoms with Crippen LogP contribution in [0.4, 0.5) is 14.7 Å². The highest BCUT2D eigenvalue weighted by molar-refractivity contribution is 8.44. The second-order valence-electron chi connectivity index (χ2n) is 9.72. The van der Waals surface area contributed by atoms with Crippen LogP contribution in [-0.2, 0) is 32.2 Å². The van der Waals surface area contributed by atoms with Crippen LogP contribution >= 0.6 is 38.1 Å². The van der Waals surface area contributed by atoms with Gasteiger partial charge in [-0.25, -0.2) is 27.9 Å². The van der Waals surface area contributed by atoms with Crippen molar-refractivity contribution in [2.45, 2.75) is 49.5 Å². The molecular weight excluding hydrogens is 692 g/mol. The minimum absolute atomic E-state index is 0.0462. The van der Waals surface area contributed by atoms with Gasteiger partial charge >= 0.3 is 13.6 Å². The molecule has 2 unspecified atom stereocenters. The average Bonchev–Trinajstić information content (AvgIpc) is 3.72. The number of ether oxygens (including phenoxy) is 2. The van der Waals surface area contributed by atoms with Crippen LogP contribution in [0.3, 0.4) is 0 Å². The predicted molar refractivity (Wildman–Crippen MR) is 153 cm³/mol. The van der Waals surface area contributed by atoms with E-state index in [0.29, 0.717) is 0 Å². The Labute approximate surface area is 258 Å². The van der Waals surface area contributed by atoms with E-state index in [-0.39, 0.29) is 34.7 Å². The normalized spacial score (nSPS) is 29.8. The van der Waals surface area contributed by atoms with Gasteiger partial charge in [-0.2, -0.15) is 9.67 Å². The lowest BCUT2D eigenvalue weighted by Gasteiger charge is -2.24. The first-order valence-corrected chi connectivity index (χ1v) is 18.1. The maximum absolute atomic E-state index is 15.8. The van der Waals surface area contributed by atoms with E-state index in [1.54, 1.807) is 0 Å². The van der Waals surface area contributed by atoms with Crippen LogP contribution in [0, 0.1) is 0 Å². The summed E-state index contributed by atoms with van der Waals surface area (Å²) in [6.45, 7) is -10.4. The number of alkyl halides is 2. The molecule has 0 spiro atoms. The highest BCUT2D eigenvalue weighted by Crippen LogP contribution is 2.57. The highest BCUT2D eigenvalue weighted by atomic mass is 32.7. The minimum Gasteiger partial charge on any atom is -0.369 e. The SMILES string of the molecule is Nc1nc2c(ncn2[C@H]2C[C@H](F)[C@@H](COP(=O)(S)O[C@H]3[C@H](F)[C@H](n4nnc5c(=O)[nH]cnc54)O[C@@H]3COP(=O)(O)S)O2)c(=O)[nH]1. The maximum atomic E-state index is 15.8. The number of hydrogen-bond acceptors (Lipinski definition) is 15. The average molecular weight is 715 g/mol. The van der Waals surface area contributed by atoms with E-state index in [4.69, 9.17) is 28.8 Å². The van der Waals surface area contributed by atoms with Crippen molar-refractivity contribution in [1.29, 1.82) is 0 Å². The number of aromatic nitrogens is 9. The third-order valence-corrected chi connectivity index (χ3v) is 9.21. The van der Waals surface area contributed by atoms with Gasteiger partial charge < -0.3 is 25.1 Å². The zero-order valence-electron chi connectivity index (χ0n) is 22.2. The molecule has 9 atom stereocenters. The molecule has 5 N–H and O–H groups in total. The van der Waals surface area contributed by atoms with Crippen LogP contribution in [0.25, 0.3) is 22.3 Å². The number of nitrogens with zero attached hydrogens (tertiary/aromatic N) is 7. The fourth-order valence-electron chi connectivity index (χ4n) is 4.79. The van der Waals surface area contributed by atoms with Crippen molar-refractivity contribution in [3.63, 3.8) is 0 Å². The smallest absolute Gasteiger partial charge is 0.369 e. The molecular formula is C19H22F2N10O10P2S2. The number of hydrogen-bond donors (Lipinski definition) is 6. The number of anilines is 1. The molecule has 4 aromatic heterocycles. The van der Waals surface area contributed by atoms with Gasteiger partial charge in [-0.15, -0.1) is 5.10 Å². The molecule has 0 aromatic carbocycles. The molecule has 0 saturated carbocycles. The number of halogens is 2. The van der Waals surface area contributed by atoms with Crippen LogP contribution in [0.5, 0.6) is 0 Å². The van der Waals surface area contributed by atoms with Gasteiger partial charge in [0.05, 0.1) is 25.9 Å². The number of imidazole rings is 1. The molecule has 0 amide bonds. The van der Waals surface area contributed by atoms with E-state index in [1.807, 2.05) is 0 Å². The predicted octanol–water partition coefficient (Wildman–Crippen LogP) is 0.578. The van der Waals surface area contributed by atoms with Crippen molar-refractivity contribution in [2.75, 3.05) is 18.9 Å². The van der Waals surface area contributed by atoms with Gasteiger partial charge in [-0.3, -0.25) is 32.7 Å². The summed E-state index contributed by atoms with van der Waals surface area (Å²) in [5.74, 6) is -0.191. The number of nitrogens with one attached hydrogen (secondary N) is 2. The fraction of sp³-hybridized carbons (Fsp3) is 0.526. The molecule has 2 aliphatic rings. The summed E-state index contributed by atoms with van der Waals surface area (Å²) < 4.78 is 84.4. The molecule has 26 heteroatoms. The Bertz CT molecular complexity index is 1960. The Morgan fingerprint density at radius 3 is 2.60 bits per heavy atom. The Hall–Kier alpha value is -2.79. The molecule has 4 aromatic rings. The van der Waals surface area contributed by atoms with Crippen molar-refractivity contribution < 1.29 is 45.8 Å². The van der Waals surface area contributed by atoms with E-state index < -0.39 is 81.0 Å². The molecule has 6 rings (SSSR count). The largest absolute Gasteiger partial charge is 0.386 e. The molecule has 2 saturated heterocycles. The van der Waals surface area contributed by atoms with Gasteiger partial charge in [0.15, 0.2) is 34.7 Å². The van der Waals surface area contributed by atoms with E-state index in [1.165, 1.54) is 10.9 Å². The Morgan fingerprint density at radius 2 is 1.84 bits per heavy atom. The summed E-state index contributed by atoms with van der Waals surface area (Å²) in [5.41, 5.74) is 3.90. The van der Waals surface area contributed by atoms with Gasteiger partial charge in [-0.05, 0) is 0 Å². The third kappa shape index (κ3) is 6.57. The molecule has 6 heterocycles. The summed E-state index contributed by atoms with van der Waals surface area (Å²) in [7, 11) is 0. The van der Waals surface area contributed by atoms with Crippen molar-refractivity contribution in [3.05, 3.63) is 33.4 Å².